The van der Waals surface area contributed by atoms with E-state index in [1.54, 1.807) is 23.7 Å². The molecule has 0 radical (unpaired) electrons. The molecule has 0 amide bonds. The van der Waals surface area contributed by atoms with Crippen molar-refractivity contribution < 1.29 is 4.39 Å². The Morgan fingerprint density at radius 2 is 1.96 bits per heavy atom. The van der Waals surface area contributed by atoms with Crippen LogP contribution in [0.3, 0.4) is 0 Å². The van der Waals surface area contributed by atoms with Crippen molar-refractivity contribution in [2.45, 2.75) is 13.1 Å². The van der Waals surface area contributed by atoms with E-state index in [2.05, 4.69) is 40.2 Å². The number of fused-ring (bicyclic) bond motifs is 1. The number of aryl methyl sites for hydroxylation is 1. The van der Waals surface area contributed by atoms with Crippen molar-refractivity contribution in [3.8, 4) is 11.1 Å². The van der Waals surface area contributed by atoms with Gasteiger partial charge in [-0.3, -0.25) is 4.72 Å². The summed E-state index contributed by atoms with van der Waals surface area (Å²) in [5.74, 6) is 0.756. The zero-order chi connectivity index (χ0) is 16.9. The number of hydrogen-bond acceptors (Lipinski definition) is 4. The minimum absolute atomic E-state index is 0.217. The number of rotatable bonds is 7. The third-order valence-electron chi connectivity index (χ3n) is 3.93. The van der Waals surface area contributed by atoms with Gasteiger partial charge in [0.25, 0.3) is 0 Å². The summed E-state index contributed by atoms with van der Waals surface area (Å²) < 4.78 is 19.7. The maximum absolute atomic E-state index is 14.4. The predicted molar refractivity (Wildman–Crippen MR) is 104 cm³/mol. The molecule has 0 spiro atoms. The Morgan fingerprint density at radius 1 is 1.17 bits per heavy atom. The summed E-state index contributed by atoms with van der Waals surface area (Å²) in [5, 5.41) is 0.605. The van der Waals surface area contributed by atoms with Crippen LogP contribution < -0.4 is 4.72 Å². The van der Waals surface area contributed by atoms with Crippen LogP contribution >= 0.6 is 23.7 Å². The normalized spacial score (nSPS) is 11.3. The summed E-state index contributed by atoms with van der Waals surface area (Å²) in [4.78, 5) is 4.40. The van der Waals surface area contributed by atoms with Crippen LogP contribution in [0.1, 0.15) is 5.56 Å². The fourth-order valence-electron chi connectivity index (χ4n) is 2.71. The Labute approximate surface area is 150 Å². The molecule has 126 valence electrons. The minimum atomic E-state index is -0.217. The number of thioether (sulfide) groups is 1. The van der Waals surface area contributed by atoms with E-state index in [-0.39, 0.29) is 5.82 Å². The lowest BCUT2D eigenvalue weighted by Gasteiger charge is -2.04. The zero-order valence-corrected chi connectivity index (χ0v) is 15.4. The van der Waals surface area contributed by atoms with Gasteiger partial charge < -0.3 is 4.57 Å². The van der Waals surface area contributed by atoms with Gasteiger partial charge in [-0.05, 0) is 29.7 Å². The van der Waals surface area contributed by atoms with Crippen LogP contribution in [0.2, 0.25) is 0 Å². The average Bonchev–Trinajstić information content (AvgIpc) is 2.99. The highest BCUT2D eigenvalue weighted by Gasteiger charge is 2.15. The lowest BCUT2D eigenvalue weighted by atomic mass is 10.0. The van der Waals surface area contributed by atoms with Crippen LogP contribution in [0.15, 0.2) is 42.7 Å². The second-order valence-electron chi connectivity index (χ2n) is 5.44. The van der Waals surface area contributed by atoms with Gasteiger partial charge in [0.05, 0.1) is 5.39 Å². The summed E-state index contributed by atoms with van der Waals surface area (Å²) in [5.41, 5.74) is 3.84. The van der Waals surface area contributed by atoms with E-state index in [1.807, 2.05) is 17.0 Å². The molecule has 0 aliphatic carbocycles. The molecule has 3 rings (SSSR count). The van der Waals surface area contributed by atoms with Gasteiger partial charge in [-0.25, -0.2) is 9.37 Å². The third kappa shape index (κ3) is 3.61. The van der Waals surface area contributed by atoms with Crippen LogP contribution in [0, 0.1) is 5.82 Å². The molecular formula is C18H20FN3S2. The lowest BCUT2D eigenvalue weighted by molar-refractivity contribution is 0.638. The SMILES string of the molecule is CSCCn1cc(-c2ccc(CNSC)cc2)c2c(F)ccnc21. The number of aromatic nitrogens is 2. The Hall–Kier alpha value is -1.50. The number of pyridine rings is 1. The molecule has 0 aliphatic heterocycles. The molecule has 1 aromatic carbocycles. The van der Waals surface area contributed by atoms with E-state index in [4.69, 9.17) is 0 Å². The van der Waals surface area contributed by atoms with E-state index in [0.29, 0.717) is 11.0 Å². The van der Waals surface area contributed by atoms with Crippen LogP contribution in [0.4, 0.5) is 4.39 Å². The highest BCUT2D eigenvalue weighted by Crippen LogP contribution is 2.31. The van der Waals surface area contributed by atoms with Crippen LogP contribution in [0.5, 0.6) is 0 Å². The van der Waals surface area contributed by atoms with Gasteiger partial charge >= 0.3 is 0 Å². The minimum Gasteiger partial charge on any atom is -0.331 e. The van der Waals surface area contributed by atoms with Crippen molar-refractivity contribution in [2.75, 3.05) is 18.3 Å². The number of nitrogens with zero attached hydrogens (tertiary/aromatic N) is 2. The van der Waals surface area contributed by atoms with Crippen molar-refractivity contribution in [1.82, 2.24) is 14.3 Å². The Kier molecular flexibility index (Phi) is 5.81. The summed E-state index contributed by atoms with van der Waals surface area (Å²) >= 11 is 3.37. The average molecular weight is 362 g/mol. The molecule has 1 N–H and O–H groups in total. The number of hydrogen-bond donors (Lipinski definition) is 1. The Bertz CT molecular complexity index is 815. The molecule has 0 saturated carbocycles. The monoisotopic (exact) mass is 361 g/mol. The molecule has 3 nitrogen and oxygen atoms in total. The highest BCUT2D eigenvalue weighted by atomic mass is 32.2. The second-order valence-corrected chi connectivity index (χ2v) is 7.13. The number of nitrogens with one attached hydrogen (secondary N) is 1. The van der Waals surface area contributed by atoms with Gasteiger partial charge in [0.15, 0.2) is 0 Å². The second kappa shape index (κ2) is 8.05. The highest BCUT2D eigenvalue weighted by molar-refractivity contribution is 7.98. The molecule has 24 heavy (non-hydrogen) atoms. The van der Waals surface area contributed by atoms with Crippen molar-refractivity contribution in [2.24, 2.45) is 0 Å². The van der Waals surface area contributed by atoms with Crippen molar-refractivity contribution >= 4 is 34.7 Å². The molecule has 0 unspecified atom stereocenters. The first kappa shape index (κ1) is 17.3. The zero-order valence-electron chi connectivity index (χ0n) is 13.8. The number of halogens is 1. The molecule has 0 atom stereocenters. The van der Waals surface area contributed by atoms with E-state index < -0.39 is 0 Å². The molecule has 2 aromatic heterocycles. The summed E-state index contributed by atoms with van der Waals surface area (Å²) in [7, 11) is 0. The maximum atomic E-state index is 14.4. The topological polar surface area (TPSA) is 29.9 Å². The largest absolute Gasteiger partial charge is 0.331 e. The lowest BCUT2D eigenvalue weighted by Crippen LogP contribution is -2.01. The van der Waals surface area contributed by atoms with E-state index in [9.17, 15) is 4.39 Å². The molecule has 0 bridgehead atoms. The predicted octanol–water partition coefficient (Wildman–Crippen LogP) is 4.57. The molecular weight excluding hydrogens is 341 g/mol. The molecule has 3 aromatic rings. The van der Waals surface area contributed by atoms with Crippen molar-refractivity contribution in [1.29, 1.82) is 0 Å². The quantitative estimate of drug-likeness (QED) is 0.624. The first-order chi connectivity index (χ1) is 11.7. The standard InChI is InChI=1S/C18H20FN3S2/c1-23-10-9-22-12-15(17-16(19)7-8-20-18(17)22)14-5-3-13(4-6-14)11-21-24-2/h3-8,12,21H,9-11H2,1-2H3. The summed E-state index contributed by atoms with van der Waals surface area (Å²) in [6.45, 7) is 1.64. The maximum Gasteiger partial charge on any atom is 0.143 e. The fraction of sp³-hybridized carbons (Fsp3) is 0.278. The first-order valence-corrected chi connectivity index (χ1v) is 10.3. The molecule has 0 aliphatic rings. The van der Waals surface area contributed by atoms with Gasteiger partial charge in [-0.2, -0.15) is 11.8 Å². The van der Waals surface area contributed by atoms with Gasteiger partial charge in [0, 0.05) is 36.8 Å². The summed E-state index contributed by atoms with van der Waals surface area (Å²) in [6.07, 6.45) is 7.63. The molecule has 2 heterocycles. The van der Waals surface area contributed by atoms with Crippen molar-refractivity contribution in [3.05, 3.63) is 54.1 Å². The van der Waals surface area contributed by atoms with Crippen LogP contribution in [-0.4, -0.2) is 27.8 Å². The molecule has 0 fully saturated rings. The van der Waals surface area contributed by atoms with E-state index in [0.717, 1.165) is 30.0 Å². The van der Waals surface area contributed by atoms with Gasteiger partial charge in [-0.15, -0.1) is 0 Å². The van der Waals surface area contributed by atoms with Crippen molar-refractivity contribution in [3.63, 3.8) is 0 Å². The first-order valence-electron chi connectivity index (χ1n) is 7.72. The third-order valence-corrected chi connectivity index (χ3v) is 4.95. The van der Waals surface area contributed by atoms with E-state index in [1.165, 1.54) is 17.8 Å². The van der Waals surface area contributed by atoms with Gasteiger partial charge in [-0.1, -0.05) is 36.2 Å². The van der Waals surface area contributed by atoms with Crippen LogP contribution in [0.25, 0.3) is 22.2 Å². The Morgan fingerprint density at radius 3 is 2.67 bits per heavy atom. The van der Waals surface area contributed by atoms with Gasteiger partial charge in [0.1, 0.15) is 11.5 Å². The Balaban J connectivity index is 2.02. The molecule has 6 heteroatoms. The number of benzene rings is 1. The summed E-state index contributed by atoms with van der Waals surface area (Å²) in [6, 6.07) is 9.70. The van der Waals surface area contributed by atoms with Crippen LogP contribution in [-0.2, 0) is 13.1 Å². The molecule has 0 saturated heterocycles. The van der Waals surface area contributed by atoms with Gasteiger partial charge in [0.2, 0.25) is 0 Å². The fourth-order valence-corrected chi connectivity index (χ4v) is 3.40. The van der Waals surface area contributed by atoms with E-state index >= 15 is 0 Å². The smallest absolute Gasteiger partial charge is 0.143 e.